The van der Waals surface area contributed by atoms with Crippen molar-refractivity contribution in [1.29, 1.82) is 0 Å². The number of hydrogen-bond acceptors (Lipinski definition) is 4. The minimum absolute atomic E-state index is 0.145. The van der Waals surface area contributed by atoms with E-state index in [1.165, 1.54) is 13.8 Å². The molecule has 0 saturated carbocycles. The van der Waals surface area contributed by atoms with Crippen LogP contribution in [0.15, 0.2) is 48.0 Å². The third-order valence-corrected chi connectivity index (χ3v) is 4.41. The summed E-state index contributed by atoms with van der Waals surface area (Å²) in [5.74, 6) is 0.0996. The molecular formula is C24H26O4. The molecule has 2 rings (SSSR count). The summed E-state index contributed by atoms with van der Waals surface area (Å²) in [7, 11) is 0. The molecule has 0 radical (unpaired) electrons. The Labute approximate surface area is 166 Å². The topological polar surface area (TPSA) is 60.4 Å². The Morgan fingerprint density at radius 1 is 0.964 bits per heavy atom. The Hall–Kier alpha value is -3.01. The monoisotopic (exact) mass is 378 g/mol. The van der Waals surface area contributed by atoms with Gasteiger partial charge in [0.25, 0.3) is 0 Å². The van der Waals surface area contributed by atoms with Crippen LogP contribution < -0.4 is 4.74 Å². The van der Waals surface area contributed by atoms with Crippen LogP contribution >= 0.6 is 0 Å². The molecule has 0 atom stereocenters. The number of carbonyl (C=O) groups is 3. The highest BCUT2D eigenvalue weighted by Crippen LogP contribution is 2.36. The molecule has 0 aliphatic heterocycles. The SMILES string of the molecule is CC(=O)C(=Cc1cccc(C(C)(C)C)c1OCc1ccc(C=O)cc1)C(C)=O. The number of ether oxygens (including phenoxy) is 1. The van der Waals surface area contributed by atoms with E-state index in [0.29, 0.717) is 23.5 Å². The van der Waals surface area contributed by atoms with E-state index in [4.69, 9.17) is 4.74 Å². The lowest BCUT2D eigenvalue weighted by atomic mass is 9.85. The maximum atomic E-state index is 11.9. The first kappa shape index (κ1) is 21.3. The molecule has 146 valence electrons. The van der Waals surface area contributed by atoms with Gasteiger partial charge in [0.05, 0.1) is 5.57 Å². The summed E-state index contributed by atoms with van der Waals surface area (Å²) in [6.45, 7) is 9.32. The van der Waals surface area contributed by atoms with Crippen LogP contribution in [0.25, 0.3) is 6.08 Å². The number of Topliss-reactive ketones (excluding diaryl/α,β-unsaturated/α-hetero) is 2. The highest BCUT2D eigenvalue weighted by molar-refractivity contribution is 6.21. The van der Waals surface area contributed by atoms with Gasteiger partial charge in [-0.15, -0.1) is 0 Å². The van der Waals surface area contributed by atoms with Crippen LogP contribution in [-0.2, 0) is 21.6 Å². The van der Waals surface area contributed by atoms with E-state index in [1.54, 1.807) is 18.2 Å². The Kier molecular flexibility index (Phi) is 6.68. The highest BCUT2D eigenvalue weighted by Gasteiger charge is 2.22. The van der Waals surface area contributed by atoms with E-state index in [9.17, 15) is 14.4 Å². The smallest absolute Gasteiger partial charge is 0.163 e. The Balaban J connectivity index is 2.48. The summed E-state index contributed by atoms with van der Waals surface area (Å²) in [6, 6.07) is 12.9. The number of aldehydes is 1. The lowest BCUT2D eigenvalue weighted by Crippen LogP contribution is -2.14. The quantitative estimate of drug-likeness (QED) is 0.296. The number of hydrogen-bond donors (Lipinski definition) is 0. The molecular weight excluding hydrogens is 352 g/mol. The second-order valence-electron chi connectivity index (χ2n) is 7.79. The van der Waals surface area contributed by atoms with E-state index in [-0.39, 0.29) is 22.6 Å². The Morgan fingerprint density at radius 2 is 1.57 bits per heavy atom. The lowest BCUT2D eigenvalue weighted by Gasteiger charge is -2.24. The van der Waals surface area contributed by atoms with Gasteiger partial charge in [0, 0.05) is 16.7 Å². The maximum absolute atomic E-state index is 11.9. The van der Waals surface area contributed by atoms with Crippen LogP contribution in [0.3, 0.4) is 0 Å². The highest BCUT2D eigenvalue weighted by atomic mass is 16.5. The van der Waals surface area contributed by atoms with Crippen molar-refractivity contribution >= 4 is 23.9 Å². The van der Waals surface area contributed by atoms with E-state index >= 15 is 0 Å². The van der Waals surface area contributed by atoms with Gasteiger partial charge in [0.15, 0.2) is 11.6 Å². The van der Waals surface area contributed by atoms with Crippen LogP contribution in [0.1, 0.15) is 61.7 Å². The fraction of sp³-hybridized carbons (Fsp3) is 0.292. The maximum Gasteiger partial charge on any atom is 0.163 e. The van der Waals surface area contributed by atoms with Crippen molar-refractivity contribution in [1.82, 2.24) is 0 Å². The van der Waals surface area contributed by atoms with Crippen molar-refractivity contribution in [2.45, 2.75) is 46.6 Å². The number of rotatable bonds is 7. The van der Waals surface area contributed by atoms with Crippen molar-refractivity contribution in [3.05, 3.63) is 70.3 Å². The summed E-state index contributed by atoms with van der Waals surface area (Å²) in [6.07, 6.45) is 2.40. The van der Waals surface area contributed by atoms with Crippen LogP contribution in [0.4, 0.5) is 0 Å². The average Bonchev–Trinajstić information content (AvgIpc) is 2.63. The zero-order valence-electron chi connectivity index (χ0n) is 17.0. The van der Waals surface area contributed by atoms with Gasteiger partial charge in [-0.05, 0) is 30.9 Å². The molecule has 2 aromatic carbocycles. The fourth-order valence-corrected chi connectivity index (χ4v) is 2.87. The molecule has 0 aromatic heterocycles. The normalized spacial score (nSPS) is 10.9. The van der Waals surface area contributed by atoms with Crippen LogP contribution in [0.5, 0.6) is 5.75 Å². The molecule has 0 aliphatic carbocycles. The van der Waals surface area contributed by atoms with Gasteiger partial charge in [-0.2, -0.15) is 0 Å². The van der Waals surface area contributed by atoms with Crippen molar-refractivity contribution in [3.63, 3.8) is 0 Å². The molecule has 0 saturated heterocycles. The molecule has 4 heteroatoms. The van der Waals surface area contributed by atoms with Crippen molar-refractivity contribution in [2.24, 2.45) is 0 Å². The summed E-state index contributed by atoms with van der Waals surface area (Å²) >= 11 is 0. The molecule has 2 aromatic rings. The summed E-state index contributed by atoms with van der Waals surface area (Å²) in [4.78, 5) is 34.5. The average molecular weight is 378 g/mol. The first-order valence-corrected chi connectivity index (χ1v) is 9.17. The van der Waals surface area contributed by atoms with Gasteiger partial charge in [-0.1, -0.05) is 63.2 Å². The van der Waals surface area contributed by atoms with E-state index < -0.39 is 0 Å². The Bertz CT molecular complexity index is 897. The zero-order chi connectivity index (χ0) is 20.9. The summed E-state index contributed by atoms with van der Waals surface area (Å²) < 4.78 is 6.16. The van der Waals surface area contributed by atoms with Gasteiger partial charge >= 0.3 is 0 Å². The number of para-hydroxylation sites is 1. The molecule has 0 amide bonds. The lowest BCUT2D eigenvalue weighted by molar-refractivity contribution is -0.119. The number of carbonyl (C=O) groups excluding carboxylic acids is 3. The van der Waals surface area contributed by atoms with Gasteiger partial charge in [-0.3, -0.25) is 14.4 Å². The Morgan fingerprint density at radius 3 is 2.07 bits per heavy atom. The van der Waals surface area contributed by atoms with Crippen molar-refractivity contribution in [2.75, 3.05) is 0 Å². The number of ketones is 2. The first-order valence-electron chi connectivity index (χ1n) is 9.17. The fourth-order valence-electron chi connectivity index (χ4n) is 2.87. The van der Waals surface area contributed by atoms with E-state index in [1.807, 2.05) is 30.3 Å². The minimum Gasteiger partial charge on any atom is -0.488 e. The van der Waals surface area contributed by atoms with Gasteiger partial charge < -0.3 is 4.74 Å². The molecule has 0 fully saturated rings. The van der Waals surface area contributed by atoms with Gasteiger partial charge in [0.1, 0.15) is 18.6 Å². The molecule has 0 spiro atoms. The number of allylic oxidation sites excluding steroid dienone is 1. The number of benzene rings is 2. The van der Waals surface area contributed by atoms with E-state index in [2.05, 4.69) is 20.8 Å². The molecule has 28 heavy (non-hydrogen) atoms. The van der Waals surface area contributed by atoms with Crippen molar-refractivity contribution in [3.8, 4) is 5.75 Å². The third-order valence-electron chi connectivity index (χ3n) is 4.41. The molecule has 0 unspecified atom stereocenters. The van der Waals surface area contributed by atoms with Gasteiger partial charge in [-0.25, -0.2) is 0 Å². The molecule has 0 aliphatic rings. The first-order chi connectivity index (χ1) is 13.1. The molecule has 0 heterocycles. The predicted molar refractivity (Wildman–Crippen MR) is 111 cm³/mol. The van der Waals surface area contributed by atoms with Crippen LogP contribution in [0, 0.1) is 0 Å². The summed E-state index contributed by atoms with van der Waals surface area (Å²) in [5, 5.41) is 0. The largest absolute Gasteiger partial charge is 0.488 e. The molecule has 0 bridgehead atoms. The van der Waals surface area contributed by atoms with Crippen LogP contribution in [0.2, 0.25) is 0 Å². The van der Waals surface area contributed by atoms with E-state index in [0.717, 1.165) is 17.4 Å². The minimum atomic E-state index is -0.274. The van der Waals surface area contributed by atoms with Crippen molar-refractivity contribution < 1.29 is 19.1 Å². The standard InChI is InChI=1S/C24H26O4/c1-16(26)21(17(2)27)13-20-7-6-8-22(24(3,4)5)23(20)28-15-19-11-9-18(14-25)10-12-19/h6-14H,15H2,1-5H3. The second kappa shape index (κ2) is 8.79. The molecule has 4 nitrogen and oxygen atoms in total. The van der Waals surface area contributed by atoms with Gasteiger partial charge in [0.2, 0.25) is 0 Å². The molecule has 0 N–H and O–H groups in total. The second-order valence-corrected chi connectivity index (χ2v) is 7.79. The predicted octanol–water partition coefficient (Wildman–Crippen LogP) is 4.94. The third kappa shape index (κ3) is 5.26. The summed E-state index contributed by atoms with van der Waals surface area (Å²) in [5.41, 5.74) is 3.16. The zero-order valence-corrected chi connectivity index (χ0v) is 17.0. The van der Waals surface area contributed by atoms with Crippen LogP contribution in [-0.4, -0.2) is 17.9 Å².